The van der Waals surface area contributed by atoms with Crippen molar-refractivity contribution in [1.82, 2.24) is 19.6 Å². The number of rotatable bonds is 4. The minimum atomic E-state index is -0.325. The highest BCUT2D eigenvalue weighted by atomic mass is 79.9. The lowest BCUT2D eigenvalue weighted by Crippen LogP contribution is -2.50. The average molecular weight is 395 g/mol. The summed E-state index contributed by atoms with van der Waals surface area (Å²) in [5.41, 5.74) is 0.701. The van der Waals surface area contributed by atoms with Gasteiger partial charge in [0.1, 0.15) is 11.9 Å². The first-order valence-corrected chi connectivity index (χ1v) is 8.78. The van der Waals surface area contributed by atoms with E-state index in [4.69, 9.17) is 0 Å². The van der Waals surface area contributed by atoms with E-state index in [-0.39, 0.29) is 17.8 Å². The normalized spacial score (nSPS) is 17.0. The van der Waals surface area contributed by atoms with Crippen molar-refractivity contribution in [2.24, 2.45) is 0 Å². The SMILES string of the molecule is CC(C(=O)N1CCN(Cc2ccccc2F)CC1)n1cc(Br)cn1. The fraction of sp³-hybridized carbons (Fsp3) is 0.412. The highest BCUT2D eigenvalue weighted by Crippen LogP contribution is 2.16. The third kappa shape index (κ3) is 3.84. The summed E-state index contributed by atoms with van der Waals surface area (Å²) in [6.45, 7) is 5.23. The second kappa shape index (κ2) is 7.44. The predicted molar refractivity (Wildman–Crippen MR) is 92.9 cm³/mol. The van der Waals surface area contributed by atoms with Crippen molar-refractivity contribution in [1.29, 1.82) is 0 Å². The molecule has 2 heterocycles. The molecule has 1 aromatic carbocycles. The van der Waals surface area contributed by atoms with Gasteiger partial charge in [-0.15, -0.1) is 0 Å². The zero-order chi connectivity index (χ0) is 17.1. The molecular weight excluding hydrogens is 375 g/mol. The molecule has 0 aliphatic carbocycles. The van der Waals surface area contributed by atoms with E-state index in [9.17, 15) is 9.18 Å². The number of amides is 1. The predicted octanol–water partition coefficient (Wildman–Crippen LogP) is 2.69. The van der Waals surface area contributed by atoms with Crippen LogP contribution in [0.15, 0.2) is 41.1 Å². The number of carbonyl (C=O) groups excluding carboxylic acids is 1. The molecule has 128 valence electrons. The van der Waals surface area contributed by atoms with E-state index in [1.165, 1.54) is 6.07 Å². The maximum Gasteiger partial charge on any atom is 0.247 e. The third-order valence-corrected chi connectivity index (χ3v) is 4.77. The maximum atomic E-state index is 13.7. The topological polar surface area (TPSA) is 41.4 Å². The van der Waals surface area contributed by atoms with Crippen molar-refractivity contribution in [2.75, 3.05) is 26.2 Å². The molecule has 1 aromatic heterocycles. The van der Waals surface area contributed by atoms with Crippen molar-refractivity contribution in [3.63, 3.8) is 0 Å². The Bertz CT molecular complexity index is 712. The van der Waals surface area contributed by atoms with Crippen molar-refractivity contribution in [3.05, 3.63) is 52.5 Å². The summed E-state index contributed by atoms with van der Waals surface area (Å²) in [6, 6.07) is 6.52. The lowest BCUT2D eigenvalue weighted by atomic mass is 10.1. The largest absolute Gasteiger partial charge is 0.338 e. The number of hydrogen-bond acceptors (Lipinski definition) is 3. The monoisotopic (exact) mass is 394 g/mol. The van der Waals surface area contributed by atoms with Gasteiger partial charge < -0.3 is 4.90 Å². The first-order chi connectivity index (χ1) is 11.5. The van der Waals surface area contributed by atoms with Crippen LogP contribution in [0.5, 0.6) is 0 Å². The zero-order valence-electron chi connectivity index (χ0n) is 13.5. The fourth-order valence-electron chi connectivity index (χ4n) is 2.90. The number of hydrogen-bond donors (Lipinski definition) is 0. The lowest BCUT2D eigenvalue weighted by Gasteiger charge is -2.36. The minimum absolute atomic E-state index is 0.0659. The van der Waals surface area contributed by atoms with Crippen LogP contribution in [0.2, 0.25) is 0 Å². The molecule has 3 rings (SSSR count). The Morgan fingerprint density at radius 1 is 1.29 bits per heavy atom. The number of benzene rings is 1. The van der Waals surface area contributed by atoms with Crippen LogP contribution in [0.4, 0.5) is 4.39 Å². The molecule has 7 heteroatoms. The molecule has 0 bridgehead atoms. The first kappa shape index (κ1) is 17.1. The Kier molecular flexibility index (Phi) is 5.30. The molecule has 0 radical (unpaired) electrons. The van der Waals surface area contributed by atoms with Crippen LogP contribution in [0.1, 0.15) is 18.5 Å². The van der Waals surface area contributed by atoms with Gasteiger partial charge in [0, 0.05) is 44.5 Å². The summed E-state index contributed by atoms with van der Waals surface area (Å²) in [4.78, 5) is 16.6. The molecule has 1 amide bonds. The molecule has 24 heavy (non-hydrogen) atoms. The molecular formula is C17H20BrFN4O. The molecule has 0 spiro atoms. The summed E-state index contributed by atoms with van der Waals surface area (Å²) in [5, 5.41) is 4.18. The van der Waals surface area contributed by atoms with Crippen LogP contribution in [-0.4, -0.2) is 51.7 Å². The van der Waals surface area contributed by atoms with Gasteiger partial charge in [0.15, 0.2) is 0 Å². The van der Waals surface area contributed by atoms with E-state index in [0.29, 0.717) is 25.2 Å². The second-order valence-corrected chi connectivity index (χ2v) is 6.92. The molecule has 0 N–H and O–H groups in total. The molecule has 5 nitrogen and oxygen atoms in total. The quantitative estimate of drug-likeness (QED) is 0.800. The summed E-state index contributed by atoms with van der Waals surface area (Å²) in [6.07, 6.45) is 3.48. The summed E-state index contributed by atoms with van der Waals surface area (Å²) < 4.78 is 16.3. The molecule has 1 unspecified atom stereocenters. The van der Waals surface area contributed by atoms with Crippen LogP contribution in [0.25, 0.3) is 0 Å². The van der Waals surface area contributed by atoms with Gasteiger partial charge in [-0.25, -0.2) is 4.39 Å². The highest BCUT2D eigenvalue weighted by Gasteiger charge is 2.26. The Hall–Kier alpha value is -1.73. The fourth-order valence-corrected chi connectivity index (χ4v) is 3.20. The molecule has 1 aliphatic heterocycles. The van der Waals surface area contributed by atoms with Crippen LogP contribution in [0, 0.1) is 5.82 Å². The Morgan fingerprint density at radius 2 is 2.00 bits per heavy atom. The van der Waals surface area contributed by atoms with Crippen LogP contribution < -0.4 is 0 Å². The van der Waals surface area contributed by atoms with Gasteiger partial charge >= 0.3 is 0 Å². The van der Waals surface area contributed by atoms with Gasteiger partial charge in [0.25, 0.3) is 0 Å². The van der Waals surface area contributed by atoms with Gasteiger partial charge in [0.05, 0.1) is 10.7 Å². The van der Waals surface area contributed by atoms with Gasteiger partial charge in [-0.2, -0.15) is 5.10 Å². The summed E-state index contributed by atoms with van der Waals surface area (Å²) in [7, 11) is 0. The lowest BCUT2D eigenvalue weighted by molar-refractivity contribution is -0.136. The molecule has 0 saturated carbocycles. The van der Waals surface area contributed by atoms with Crippen molar-refractivity contribution >= 4 is 21.8 Å². The molecule has 1 aliphatic rings. The smallest absolute Gasteiger partial charge is 0.247 e. The summed E-state index contributed by atoms with van der Waals surface area (Å²) in [5.74, 6) is -0.106. The summed E-state index contributed by atoms with van der Waals surface area (Å²) >= 11 is 3.35. The third-order valence-electron chi connectivity index (χ3n) is 4.36. The second-order valence-electron chi connectivity index (χ2n) is 6.01. The van der Waals surface area contributed by atoms with Gasteiger partial charge in [0.2, 0.25) is 5.91 Å². The van der Waals surface area contributed by atoms with Crippen LogP contribution in [0.3, 0.4) is 0 Å². The van der Waals surface area contributed by atoms with Crippen molar-refractivity contribution < 1.29 is 9.18 Å². The first-order valence-electron chi connectivity index (χ1n) is 7.99. The number of piperazine rings is 1. The number of nitrogens with zero attached hydrogens (tertiary/aromatic N) is 4. The van der Waals surface area contributed by atoms with E-state index >= 15 is 0 Å². The highest BCUT2D eigenvalue weighted by molar-refractivity contribution is 9.10. The number of carbonyl (C=O) groups is 1. The van der Waals surface area contributed by atoms with E-state index in [2.05, 4.69) is 25.9 Å². The van der Waals surface area contributed by atoms with Crippen LogP contribution >= 0.6 is 15.9 Å². The van der Waals surface area contributed by atoms with Gasteiger partial charge in [-0.05, 0) is 28.9 Å². The molecule has 1 fully saturated rings. The Morgan fingerprint density at radius 3 is 2.62 bits per heavy atom. The number of aromatic nitrogens is 2. The van der Waals surface area contributed by atoms with E-state index in [1.807, 2.05) is 24.0 Å². The molecule has 1 atom stereocenters. The van der Waals surface area contributed by atoms with E-state index in [0.717, 1.165) is 17.6 Å². The van der Waals surface area contributed by atoms with Crippen molar-refractivity contribution in [3.8, 4) is 0 Å². The van der Waals surface area contributed by atoms with Gasteiger partial charge in [-0.3, -0.25) is 14.4 Å². The van der Waals surface area contributed by atoms with Crippen LogP contribution in [-0.2, 0) is 11.3 Å². The molecule has 1 saturated heterocycles. The Labute approximate surface area is 149 Å². The molecule has 2 aromatic rings. The van der Waals surface area contributed by atoms with E-state index < -0.39 is 0 Å². The zero-order valence-corrected chi connectivity index (χ0v) is 15.1. The van der Waals surface area contributed by atoms with Crippen molar-refractivity contribution in [2.45, 2.75) is 19.5 Å². The van der Waals surface area contributed by atoms with E-state index in [1.54, 1.807) is 23.1 Å². The average Bonchev–Trinajstić information content (AvgIpc) is 3.03. The maximum absolute atomic E-state index is 13.7. The Balaban J connectivity index is 1.55. The minimum Gasteiger partial charge on any atom is -0.338 e. The van der Waals surface area contributed by atoms with Gasteiger partial charge in [-0.1, -0.05) is 18.2 Å². The standard InChI is InChI=1S/C17H20BrFN4O/c1-13(23-12-15(18)10-20-23)17(24)22-8-6-21(7-9-22)11-14-4-2-3-5-16(14)19/h2-5,10,12-13H,6-9,11H2,1H3. The number of halogens is 2.